The topological polar surface area (TPSA) is 84.2 Å². The summed E-state index contributed by atoms with van der Waals surface area (Å²) in [4.78, 5) is 23.0. The third kappa shape index (κ3) is 9.47. The number of carbonyl (C=O) groups is 2. The van der Waals surface area contributed by atoms with Gasteiger partial charge in [0.05, 0.1) is 6.04 Å². The molecule has 112 valence electrons. The number of amides is 2. The molecule has 1 atom stereocenters. The molecule has 0 fully saturated rings. The van der Waals surface area contributed by atoms with Crippen molar-refractivity contribution in [1.82, 2.24) is 10.6 Å². The summed E-state index contributed by atoms with van der Waals surface area (Å²) >= 11 is 0. The number of nitrogens with one attached hydrogen (secondary N) is 2. The molecule has 0 aromatic carbocycles. The van der Waals surface area contributed by atoms with Crippen LogP contribution in [0.25, 0.3) is 0 Å². The molecule has 0 aliphatic rings. The smallest absolute Gasteiger partial charge is 0.237 e. The van der Waals surface area contributed by atoms with E-state index in [-0.39, 0.29) is 17.7 Å². The number of hydrogen-bond donors (Lipinski definition) is 3. The molecule has 0 bridgehead atoms. The van der Waals surface area contributed by atoms with Crippen LogP contribution >= 0.6 is 0 Å². The molecule has 0 aliphatic heterocycles. The van der Waals surface area contributed by atoms with Crippen LogP contribution in [0, 0.1) is 5.92 Å². The van der Waals surface area contributed by atoms with Crippen LogP contribution in [0.15, 0.2) is 0 Å². The van der Waals surface area contributed by atoms with Crippen LogP contribution in [0.1, 0.15) is 52.9 Å². The molecule has 0 heterocycles. The van der Waals surface area contributed by atoms with Crippen LogP contribution in [0.2, 0.25) is 0 Å². The van der Waals surface area contributed by atoms with Gasteiger partial charge in [0.15, 0.2) is 0 Å². The van der Waals surface area contributed by atoms with Gasteiger partial charge in [0.25, 0.3) is 0 Å². The van der Waals surface area contributed by atoms with Gasteiger partial charge < -0.3 is 16.4 Å². The molecule has 0 spiro atoms. The normalized spacial score (nSPS) is 12.3. The predicted molar refractivity (Wildman–Crippen MR) is 77.6 cm³/mol. The second-order valence-corrected chi connectivity index (χ2v) is 5.22. The second kappa shape index (κ2) is 10.8. The predicted octanol–water partition coefficient (Wildman–Crippen LogP) is 1.17. The fraction of sp³-hybridized carbons (Fsp3) is 0.857. The zero-order chi connectivity index (χ0) is 14.7. The fourth-order valence-corrected chi connectivity index (χ4v) is 1.61. The maximum Gasteiger partial charge on any atom is 0.237 e. The van der Waals surface area contributed by atoms with Crippen molar-refractivity contribution >= 4 is 11.8 Å². The molecule has 5 nitrogen and oxygen atoms in total. The zero-order valence-corrected chi connectivity index (χ0v) is 12.5. The highest BCUT2D eigenvalue weighted by Crippen LogP contribution is 2.01. The Labute approximate surface area is 116 Å². The lowest BCUT2D eigenvalue weighted by atomic mass is 10.1. The molecule has 5 heteroatoms. The fourth-order valence-electron chi connectivity index (χ4n) is 1.61. The second-order valence-electron chi connectivity index (χ2n) is 5.22. The van der Waals surface area contributed by atoms with Gasteiger partial charge in [0, 0.05) is 19.5 Å². The molecule has 0 saturated carbocycles. The molecular weight excluding hydrogens is 242 g/mol. The molecule has 0 aromatic heterocycles. The minimum absolute atomic E-state index is 0.0542. The monoisotopic (exact) mass is 271 g/mol. The van der Waals surface area contributed by atoms with Gasteiger partial charge in [-0.2, -0.15) is 0 Å². The number of rotatable bonds is 10. The van der Waals surface area contributed by atoms with Crippen LogP contribution in [0.3, 0.4) is 0 Å². The first kappa shape index (κ1) is 17.9. The van der Waals surface area contributed by atoms with E-state index in [0.29, 0.717) is 19.5 Å². The van der Waals surface area contributed by atoms with Crippen molar-refractivity contribution in [1.29, 1.82) is 0 Å². The van der Waals surface area contributed by atoms with Crippen LogP contribution in [0.5, 0.6) is 0 Å². The third-order valence-electron chi connectivity index (χ3n) is 3.02. The number of unbranched alkanes of at least 4 members (excludes halogenated alkanes) is 3. The molecular formula is C14H29N3O2. The van der Waals surface area contributed by atoms with E-state index >= 15 is 0 Å². The van der Waals surface area contributed by atoms with E-state index in [1.165, 1.54) is 12.8 Å². The van der Waals surface area contributed by atoms with Crippen LogP contribution in [-0.2, 0) is 9.59 Å². The largest absolute Gasteiger partial charge is 0.354 e. The van der Waals surface area contributed by atoms with Gasteiger partial charge in [0.1, 0.15) is 0 Å². The molecule has 0 saturated heterocycles. The SMILES string of the molecule is CCCCCCC(=O)NCCNC(=O)[C@@H](N)C(C)C. The zero-order valence-electron chi connectivity index (χ0n) is 12.5. The minimum Gasteiger partial charge on any atom is -0.354 e. The van der Waals surface area contributed by atoms with Crippen molar-refractivity contribution in [2.24, 2.45) is 11.7 Å². The third-order valence-corrected chi connectivity index (χ3v) is 3.02. The summed E-state index contributed by atoms with van der Waals surface area (Å²) in [7, 11) is 0. The number of carbonyl (C=O) groups excluding carboxylic acids is 2. The van der Waals surface area contributed by atoms with Crippen molar-refractivity contribution in [2.45, 2.75) is 58.9 Å². The molecule has 0 aliphatic carbocycles. The summed E-state index contributed by atoms with van der Waals surface area (Å²) in [5.74, 6) is 0.0128. The van der Waals surface area contributed by atoms with E-state index in [1.54, 1.807) is 0 Å². The maximum absolute atomic E-state index is 11.5. The Morgan fingerprint density at radius 3 is 2.26 bits per heavy atom. The first-order valence-corrected chi connectivity index (χ1v) is 7.29. The highest BCUT2D eigenvalue weighted by Gasteiger charge is 2.16. The van der Waals surface area contributed by atoms with E-state index in [4.69, 9.17) is 5.73 Å². The standard InChI is InChI=1S/C14H29N3O2/c1-4-5-6-7-8-12(18)16-9-10-17-14(19)13(15)11(2)3/h11,13H,4-10,15H2,1-3H3,(H,16,18)(H,17,19)/t13-/m0/s1. The minimum atomic E-state index is -0.482. The Kier molecular flexibility index (Phi) is 10.2. The van der Waals surface area contributed by atoms with E-state index in [0.717, 1.165) is 12.8 Å². The average Bonchev–Trinajstić information content (AvgIpc) is 2.38. The average molecular weight is 271 g/mol. The molecule has 0 rings (SSSR count). The first-order chi connectivity index (χ1) is 8.99. The number of nitrogens with two attached hydrogens (primary N) is 1. The lowest BCUT2D eigenvalue weighted by Gasteiger charge is -2.15. The first-order valence-electron chi connectivity index (χ1n) is 7.29. The van der Waals surface area contributed by atoms with Gasteiger partial charge in [-0.25, -0.2) is 0 Å². The molecule has 2 amide bonds. The van der Waals surface area contributed by atoms with Gasteiger partial charge in [-0.3, -0.25) is 9.59 Å². The Morgan fingerprint density at radius 1 is 1.05 bits per heavy atom. The van der Waals surface area contributed by atoms with E-state index in [9.17, 15) is 9.59 Å². The van der Waals surface area contributed by atoms with Crippen LogP contribution in [-0.4, -0.2) is 30.9 Å². The van der Waals surface area contributed by atoms with Gasteiger partial charge >= 0.3 is 0 Å². The van der Waals surface area contributed by atoms with E-state index in [2.05, 4.69) is 17.6 Å². The summed E-state index contributed by atoms with van der Waals surface area (Å²) in [5.41, 5.74) is 5.70. The van der Waals surface area contributed by atoms with Crippen molar-refractivity contribution < 1.29 is 9.59 Å². The highest BCUT2D eigenvalue weighted by atomic mass is 16.2. The van der Waals surface area contributed by atoms with Gasteiger partial charge in [-0.1, -0.05) is 40.0 Å². The quantitative estimate of drug-likeness (QED) is 0.522. The molecule has 0 aromatic rings. The molecule has 4 N–H and O–H groups in total. The highest BCUT2D eigenvalue weighted by molar-refractivity contribution is 5.81. The Hall–Kier alpha value is -1.10. The summed E-state index contributed by atoms with van der Waals surface area (Å²) in [6.07, 6.45) is 4.95. The van der Waals surface area contributed by atoms with Gasteiger partial charge in [-0.05, 0) is 12.3 Å². The van der Waals surface area contributed by atoms with Crippen molar-refractivity contribution in [2.75, 3.05) is 13.1 Å². The Balaban J connectivity index is 3.53. The lowest BCUT2D eigenvalue weighted by molar-refractivity contribution is -0.124. The summed E-state index contributed by atoms with van der Waals surface area (Å²) in [6, 6.07) is -0.482. The van der Waals surface area contributed by atoms with Crippen LogP contribution < -0.4 is 16.4 Å². The molecule has 19 heavy (non-hydrogen) atoms. The maximum atomic E-state index is 11.5. The van der Waals surface area contributed by atoms with Crippen molar-refractivity contribution in [3.63, 3.8) is 0 Å². The van der Waals surface area contributed by atoms with Gasteiger partial charge in [0.2, 0.25) is 11.8 Å². The summed E-state index contributed by atoms with van der Waals surface area (Å²) in [6.45, 7) is 6.85. The summed E-state index contributed by atoms with van der Waals surface area (Å²) < 4.78 is 0. The van der Waals surface area contributed by atoms with Crippen LogP contribution in [0.4, 0.5) is 0 Å². The molecule has 0 radical (unpaired) electrons. The number of hydrogen-bond acceptors (Lipinski definition) is 3. The van der Waals surface area contributed by atoms with Gasteiger partial charge in [-0.15, -0.1) is 0 Å². The van der Waals surface area contributed by atoms with E-state index in [1.807, 2.05) is 13.8 Å². The van der Waals surface area contributed by atoms with E-state index < -0.39 is 6.04 Å². The molecule has 0 unspecified atom stereocenters. The Morgan fingerprint density at radius 2 is 1.68 bits per heavy atom. The van der Waals surface area contributed by atoms with Crippen molar-refractivity contribution in [3.05, 3.63) is 0 Å². The lowest BCUT2D eigenvalue weighted by Crippen LogP contribution is -2.46. The van der Waals surface area contributed by atoms with Crippen molar-refractivity contribution in [3.8, 4) is 0 Å². The Bertz CT molecular complexity index is 267. The summed E-state index contributed by atoms with van der Waals surface area (Å²) in [5, 5.41) is 5.51.